The first-order chi connectivity index (χ1) is 13.0. The number of carbonyl (C=O) groups is 3. The van der Waals surface area contributed by atoms with Gasteiger partial charge >= 0.3 is 0 Å². The number of anilines is 1. The van der Waals surface area contributed by atoms with Crippen LogP contribution in [0.1, 0.15) is 29.3 Å². The molecule has 0 bridgehead atoms. The summed E-state index contributed by atoms with van der Waals surface area (Å²) in [5, 5.41) is 0. The molecule has 0 saturated carbocycles. The molecule has 0 spiro atoms. The number of carbonyl (C=O) groups excluding carboxylic acids is 3. The quantitative estimate of drug-likeness (QED) is 0.602. The third kappa shape index (κ3) is 3.98. The van der Waals surface area contributed by atoms with Crippen molar-refractivity contribution in [1.29, 1.82) is 0 Å². The van der Waals surface area contributed by atoms with Crippen molar-refractivity contribution in [1.82, 2.24) is 10.9 Å². The average molecular weight is 367 g/mol. The highest BCUT2D eigenvalue weighted by Gasteiger charge is 2.39. The first kappa shape index (κ1) is 18.6. The Labute approximate surface area is 157 Å². The zero-order valence-corrected chi connectivity index (χ0v) is 15.2. The van der Waals surface area contributed by atoms with E-state index in [4.69, 9.17) is 4.74 Å². The molecule has 27 heavy (non-hydrogen) atoms. The summed E-state index contributed by atoms with van der Waals surface area (Å²) < 4.78 is 5.37. The smallest absolute Gasteiger partial charge is 0.265 e. The number of nitrogens with one attached hydrogen (secondary N) is 2. The largest absolute Gasteiger partial charge is 0.494 e. The summed E-state index contributed by atoms with van der Waals surface area (Å²) in [7, 11) is 0. The number of amides is 3. The van der Waals surface area contributed by atoms with E-state index in [1.165, 1.54) is 0 Å². The van der Waals surface area contributed by atoms with E-state index in [1.807, 2.05) is 26.0 Å². The molecule has 0 aromatic heterocycles. The molecule has 0 aliphatic carbocycles. The van der Waals surface area contributed by atoms with Crippen molar-refractivity contribution in [3.8, 4) is 5.75 Å². The fourth-order valence-corrected chi connectivity index (χ4v) is 2.92. The summed E-state index contributed by atoms with van der Waals surface area (Å²) in [6.07, 6.45) is -0.0277. The van der Waals surface area contributed by atoms with Crippen LogP contribution in [-0.2, 0) is 9.59 Å². The predicted molar refractivity (Wildman–Crippen MR) is 100 cm³/mol. The summed E-state index contributed by atoms with van der Waals surface area (Å²) in [6.45, 7) is 4.24. The molecule has 3 amide bonds. The minimum Gasteiger partial charge on any atom is -0.494 e. The number of imide groups is 1. The third-order valence-electron chi connectivity index (χ3n) is 4.30. The van der Waals surface area contributed by atoms with Gasteiger partial charge in [0.25, 0.3) is 11.8 Å². The van der Waals surface area contributed by atoms with Gasteiger partial charge in [0, 0.05) is 5.56 Å². The van der Waals surface area contributed by atoms with Crippen molar-refractivity contribution in [2.24, 2.45) is 0 Å². The van der Waals surface area contributed by atoms with Crippen LogP contribution in [-0.4, -0.2) is 30.4 Å². The predicted octanol–water partition coefficient (Wildman–Crippen LogP) is 1.96. The maximum Gasteiger partial charge on any atom is 0.265 e. The molecule has 2 aromatic carbocycles. The van der Waals surface area contributed by atoms with Gasteiger partial charge in [-0.25, -0.2) is 10.3 Å². The second kappa shape index (κ2) is 8.01. The van der Waals surface area contributed by atoms with E-state index in [1.54, 1.807) is 36.4 Å². The molecule has 2 aromatic rings. The van der Waals surface area contributed by atoms with Crippen molar-refractivity contribution >= 4 is 23.4 Å². The van der Waals surface area contributed by atoms with Crippen LogP contribution >= 0.6 is 0 Å². The third-order valence-corrected chi connectivity index (χ3v) is 4.30. The molecule has 3 rings (SSSR count). The average Bonchev–Trinajstić information content (AvgIpc) is 2.95. The van der Waals surface area contributed by atoms with Crippen molar-refractivity contribution in [3.05, 3.63) is 59.7 Å². The van der Waals surface area contributed by atoms with Gasteiger partial charge < -0.3 is 4.74 Å². The SMILES string of the molecule is CCOc1ccc(N2C(=O)CC(NNC(=O)c3ccccc3C)C2=O)cc1. The lowest BCUT2D eigenvalue weighted by Crippen LogP contribution is -2.48. The molecule has 7 heteroatoms. The zero-order chi connectivity index (χ0) is 19.4. The van der Waals surface area contributed by atoms with Crippen molar-refractivity contribution in [2.45, 2.75) is 26.3 Å². The summed E-state index contributed by atoms with van der Waals surface area (Å²) in [4.78, 5) is 38.3. The molecular weight excluding hydrogens is 346 g/mol. The van der Waals surface area contributed by atoms with E-state index in [2.05, 4.69) is 10.9 Å². The first-order valence-electron chi connectivity index (χ1n) is 8.72. The van der Waals surface area contributed by atoms with Crippen LogP contribution in [0, 0.1) is 6.92 Å². The van der Waals surface area contributed by atoms with Crippen LogP contribution < -0.4 is 20.5 Å². The molecule has 1 aliphatic heterocycles. The topological polar surface area (TPSA) is 87.7 Å². The Kier molecular flexibility index (Phi) is 5.52. The Hall–Kier alpha value is -3.19. The van der Waals surface area contributed by atoms with E-state index < -0.39 is 11.9 Å². The number of rotatable bonds is 6. The number of hydrazine groups is 1. The van der Waals surface area contributed by atoms with Crippen LogP contribution in [0.4, 0.5) is 5.69 Å². The van der Waals surface area contributed by atoms with Gasteiger partial charge in [0.2, 0.25) is 5.91 Å². The van der Waals surface area contributed by atoms with E-state index in [0.717, 1.165) is 10.5 Å². The first-order valence-corrected chi connectivity index (χ1v) is 8.72. The number of hydrogen-bond donors (Lipinski definition) is 2. The maximum atomic E-state index is 12.6. The Morgan fingerprint density at radius 1 is 1.15 bits per heavy atom. The van der Waals surface area contributed by atoms with Gasteiger partial charge in [-0.2, -0.15) is 0 Å². The van der Waals surface area contributed by atoms with Gasteiger partial charge in [-0.15, -0.1) is 0 Å². The Bertz CT molecular complexity index is 864. The lowest BCUT2D eigenvalue weighted by atomic mass is 10.1. The molecule has 1 aliphatic rings. The van der Waals surface area contributed by atoms with Crippen LogP contribution in [0.15, 0.2) is 48.5 Å². The van der Waals surface area contributed by atoms with E-state index in [9.17, 15) is 14.4 Å². The van der Waals surface area contributed by atoms with E-state index in [-0.39, 0.29) is 18.2 Å². The molecule has 1 atom stereocenters. The Morgan fingerprint density at radius 3 is 2.52 bits per heavy atom. The van der Waals surface area contributed by atoms with Crippen LogP contribution in [0.25, 0.3) is 0 Å². The minimum atomic E-state index is -0.808. The van der Waals surface area contributed by atoms with E-state index >= 15 is 0 Å². The molecule has 1 unspecified atom stereocenters. The van der Waals surface area contributed by atoms with E-state index in [0.29, 0.717) is 23.6 Å². The van der Waals surface area contributed by atoms with Gasteiger partial charge in [-0.05, 0) is 49.7 Å². The van der Waals surface area contributed by atoms with Crippen LogP contribution in [0.5, 0.6) is 5.75 Å². The van der Waals surface area contributed by atoms with Gasteiger partial charge in [0.1, 0.15) is 11.8 Å². The summed E-state index contributed by atoms with van der Waals surface area (Å²) in [5.41, 5.74) is 7.01. The summed E-state index contributed by atoms with van der Waals surface area (Å²) in [6, 6.07) is 13.1. The maximum absolute atomic E-state index is 12.6. The molecule has 7 nitrogen and oxygen atoms in total. The summed E-state index contributed by atoms with van der Waals surface area (Å²) in [5.74, 6) is -0.422. The minimum absolute atomic E-state index is 0.0277. The second-order valence-electron chi connectivity index (χ2n) is 6.16. The molecule has 1 heterocycles. The van der Waals surface area contributed by atoms with Crippen LogP contribution in [0.3, 0.4) is 0 Å². The second-order valence-corrected chi connectivity index (χ2v) is 6.16. The lowest BCUT2D eigenvalue weighted by molar-refractivity contribution is -0.121. The zero-order valence-electron chi connectivity index (χ0n) is 15.2. The van der Waals surface area contributed by atoms with Crippen molar-refractivity contribution < 1.29 is 19.1 Å². The van der Waals surface area contributed by atoms with Crippen molar-refractivity contribution in [3.63, 3.8) is 0 Å². The number of benzene rings is 2. The molecule has 140 valence electrons. The Morgan fingerprint density at radius 2 is 1.85 bits per heavy atom. The number of hydrogen-bond acceptors (Lipinski definition) is 5. The number of nitrogens with zero attached hydrogens (tertiary/aromatic N) is 1. The highest BCUT2D eigenvalue weighted by atomic mass is 16.5. The summed E-state index contributed by atoms with van der Waals surface area (Å²) >= 11 is 0. The van der Waals surface area contributed by atoms with Crippen LogP contribution in [0.2, 0.25) is 0 Å². The number of aryl methyl sites for hydroxylation is 1. The Balaban J connectivity index is 1.65. The monoisotopic (exact) mass is 367 g/mol. The van der Waals surface area contributed by atoms with Gasteiger partial charge in [0.05, 0.1) is 18.7 Å². The fraction of sp³-hybridized carbons (Fsp3) is 0.250. The van der Waals surface area contributed by atoms with Crippen molar-refractivity contribution in [2.75, 3.05) is 11.5 Å². The molecule has 1 fully saturated rings. The molecular formula is C20H21N3O4. The standard InChI is InChI=1S/C20H21N3O4/c1-3-27-15-10-8-14(9-11-15)23-18(24)12-17(20(23)26)21-22-19(25)16-7-5-4-6-13(16)2/h4-11,17,21H,3,12H2,1-2H3,(H,22,25). The molecule has 2 N–H and O–H groups in total. The highest BCUT2D eigenvalue weighted by Crippen LogP contribution is 2.25. The lowest BCUT2D eigenvalue weighted by Gasteiger charge is -2.16. The van der Waals surface area contributed by atoms with Gasteiger partial charge in [-0.3, -0.25) is 19.8 Å². The van der Waals surface area contributed by atoms with Gasteiger partial charge in [0.15, 0.2) is 0 Å². The molecule has 1 saturated heterocycles. The number of ether oxygens (including phenoxy) is 1. The van der Waals surface area contributed by atoms with Gasteiger partial charge in [-0.1, -0.05) is 18.2 Å². The fourth-order valence-electron chi connectivity index (χ4n) is 2.92. The molecule has 0 radical (unpaired) electrons. The normalized spacial score (nSPS) is 16.5. The highest BCUT2D eigenvalue weighted by molar-refractivity contribution is 6.22.